The molecule has 2 rings (SSSR count). The first-order valence-corrected chi connectivity index (χ1v) is 10.5. The molecular weight excluding hydrogens is 382 g/mol. The SMILES string of the molecule is CCC(OC(C)C(C)C(=O)OO)C(C)CC(Cc1ccnc(N)n1)c1ccccc1. The van der Waals surface area contributed by atoms with Gasteiger partial charge < -0.3 is 15.4 Å². The van der Waals surface area contributed by atoms with Crippen LogP contribution in [0.4, 0.5) is 5.95 Å². The van der Waals surface area contributed by atoms with Crippen LogP contribution in [0.25, 0.3) is 0 Å². The Bertz CT molecular complexity index is 787. The van der Waals surface area contributed by atoms with Crippen LogP contribution in [0.3, 0.4) is 0 Å². The smallest absolute Gasteiger partial charge is 0.347 e. The number of benzene rings is 1. The number of nitrogens with two attached hydrogens (primary N) is 1. The van der Waals surface area contributed by atoms with Crippen molar-refractivity contribution in [1.29, 1.82) is 0 Å². The monoisotopic (exact) mass is 415 g/mol. The number of carbonyl (C=O) groups excluding carboxylic acids is 1. The fraction of sp³-hybridized carbons (Fsp3) is 0.522. The summed E-state index contributed by atoms with van der Waals surface area (Å²) in [4.78, 5) is 23.8. The standard InChI is InChI=1S/C23H33N3O4/c1-5-21(29-17(4)16(3)22(27)30-28)15(2)13-19(18-9-7-6-8-10-18)14-20-11-12-25-23(24)26-20/h6-12,15-17,19,21,28H,5,13-14H2,1-4H3,(H2,24,25,26). The van der Waals surface area contributed by atoms with Gasteiger partial charge in [-0.25, -0.2) is 14.8 Å². The number of hydrogen-bond donors (Lipinski definition) is 2. The van der Waals surface area contributed by atoms with Crippen LogP contribution in [0.15, 0.2) is 42.6 Å². The zero-order valence-electron chi connectivity index (χ0n) is 18.2. The summed E-state index contributed by atoms with van der Waals surface area (Å²) in [6.07, 6.45) is 3.74. The van der Waals surface area contributed by atoms with Gasteiger partial charge in [-0.15, -0.1) is 0 Å². The molecule has 2 aromatic rings. The Balaban J connectivity index is 2.13. The Hall–Kier alpha value is -2.51. The van der Waals surface area contributed by atoms with Crippen molar-refractivity contribution in [3.05, 3.63) is 53.9 Å². The predicted molar refractivity (Wildman–Crippen MR) is 116 cm³/mol. The zero-order valence-corrected chi connectivity index (χ0v) is 18.2. The van der Waals surface area contributed by atoms with E-state index in [-0.39, 0.29) is 30.0 Å². The zero-order chi connectivity index (χ0) is 22.1. The van der Waals surface area contributed by atoms with Crippen LogP contribution in [0.5, 0.6) is 0 Å². The minimum Gasteiger partial charge on any atom is -0.374 e. The first kappa shape index (κ1) is 23.8. The number of ether oxygens (including phenoxy) is 1. The van der Waals surface area contributed by atoms with Crippen molar-refractivity contribution in [2.75, 3.05) is 5.73 Å². The maximum atomic E-state index is 11.6. The van der Waals surface area contributed by atoms with Crippen molar-refractivity contribution < 1.29 is 19.7 Å². The summed E-state index contributed by atoms with van der Waals surface area (Å²) in [5.41, 5.74) is 7.91. The molecule has 1 aromatic carbocycles. The Morgan fingerprint density at radius 3 is 2.47 bits per heavy atom. The predicted octanol–water partition coefficient (Wildman–Crippen LogP) is 4.25. The summed E-state index contributed by atoms with van der Waals surface area (Å²) in [5.74, 6) is -0.484. The van der Waals surface area contributed by atoms with Crippen LogP contribution in [0.2, 0.25) is 0 Å². The van der Waals surface area contributed by atoms with Crippen LogP contribution in [0, 0.1) is 11.8 Å². The van der Waals surface area contributed by atoms with E-state index in [1.54, 1.807) is 13.1 Å². The molecule has 30 heavy (non-hydrogen) atoms. The Kier molecular flexibility index (Phi) is 9.20. The summed E-state index contributed by atoms with van der Waals surface area (Å²) in [6.45, 7) is 7.76. The molecule has 5 atom stereocenters. The van der Waals surface area contributed by atoms with Crippen molar-refractivity contribution in [3.63, 3.8) is 0 Å². The van der Waals surface area contributed by atoms with Crippen LogP contribution >= 0.6 is 0 Å². The van der Waals surface area contributed by atoms with E-state index in [1.165, 1.54) is 5.56 Å². The highest BCUT2D eigenvalue weighted by molar-refractivity contribution is 5.71. The molecule has 5 unspecified atom stereocenters. The van der Waals surface area contributed by atoms with Gasteiger partial charge >= 0.3 is 5.97 Å². The normalized spacial score (nSPS) is 16.3. The molecule has 7 nitrogen and oxygen atoms in total. The average molecular weight is 416 g/mol. The van der Waals surface area contributed by atoms with Crippen molar-refractivity contribution in [2.24, 2.45) is 11.8 Å². The Morgan fingerprint density at radius 2 is 1.87 bits per heavy atom. The number of hydrogen-bond acceptors (Lipinski definition) is 7. The van der Waals surface area contributed by atoms with E-state index in [4.69, 9.17) is 15.7 Å². The van der Waals surface area contributed by atoms with Crippen LogP contribution in [-0.4, -0.2) is 33.4 Å². The van der Waals surface area contributed by atoms with E-state index < -0.39 is 11.9 Å². The van der Waals surface area contributed by atoms with E-state index in [0.29, 0.717) is 0 Å². The quantitative estimate of drug-likeness (QED) is 0.417. The van der Waals surface area contributed by atoms with Gasteiger partial charge in [-0.2, -0.15) is 5.26 Å². The average Bonchev–Trinajstić information content (AvgIpc) is 2.76. The minimum atomic E-state index is -0.687. The number of nitrogen functional groups attached to an aromatic ring is 1. The maximum absolute atomic E-state index is 11.6. The van der Waals surface area contributed by atoms with Crippen molar-refractivity contribution in [1.82, 2.24) is 9.97 Å². The van der Waals surface area contributed by atoms with E-state index in [9.17, 15) is 4.79 Å². The van der Waals surface area contributed by atoms with E-state index in [0.717, 1.165) is 25.0 Å². The lowest BCUT2D eigenvalue weighted by molar-refractivity contribution is -0.242. The Labute approximate surface area is 178 Å². The third-order valence-electron chi connectivity index (χ3n) is 5.71. The Morgan fingerprint density at radius 1 is 1.17 bits per heavy atom. The highest BCUT2D eigenvalue weighted by Crippen LogP contribution is 2.31. The number of rotatable bonds is 11. The maximum Gasteiger partial charge on any atom is 0.347 e. The second-order valence-corrected chi connectivity index (χ2v) is 7.92. The summed E-state index contributed by atoms with van der Waals surface area (Å²) >= 11 is 0. The van der Waals surface area contributed by atoms with Crippen molar-refractivity contribution in [3.8, 4) is 0 Å². The van der Waals surface area contributed by atoms with Gasteiger partial charge in [0, 0.05) is 11.9 Å². The van der Waals surface area contributed by atoms with Gasteiger partial charge in [0.2, 0.25) is 5.95 Å². The molecule has 0 amide bonds. The first-order valence-electron chi connectivity index (χ1n) is 10.5. The summed E-state index contributed by atoms with van der Waals surface area (Å²) in [7, 11) is 0. The molecule has 0 saturated heterocycles. The highest BCUT2D eigenvalue weighted by atomic mass is 17.1. The fourth-order valence-corrected chi connectivity index (χ4v) is 3.74. The lowest BCUT2D eigenvalue weighted by Crippen LogP contribution is -2.34. The molecule has 7 heteroatoms. The molecule has 1 heterocycles. The number of nitrogens with zero attached hydrogens (tertiary/aromatic N) is 2. The van der Waals surface area contributed by atoms with Crippen molar-refractivity contribution >= 4 is 11.9 Å². The lowest BCUT2D eigenvalue weighted by atomic mass is 9.83. The first-order chi connectivity index (χ1) is 14.3. The summed E-state index contributed by atoms with van der Waals surface area (Å²) < 4.78 is 6.19. The molecule has 0 aliphatic heterocycles. The van der Waals surface area contributed by atoms with Crippen LogP contribution in [-0.2, 0) is 20.8 Å². The molecule has 3 N–H and O–H groups in total. The fourth-order valence-electron chi connectivity index (χ4n) is 3.74. The summed E-state index contributed by atoms with van der Waals surface area (Å²) in [5, 5.41) is 8.63. The van der Waals surface area contributed by atoms with Crippen LogP contribution in [0.1, 0.15) is 57.7 Å². The van der Waals surface area contributed by atoms with Crippen LogP contribution < -0.4 is 5.73 Å². The van der Waals surface area contributed by atoms with Gasteiger partial charge in [0.1, 0.15) is 0 Å². The molecule has 0 aliphatic rings. The molecule has 0 bridgehead atoms. The van der Waals surface area contributed by atoms with Gasteiger partial charge in [-0.1, -0.05) is 44.2 Å². The molecule has 0 saturated carbocycles. The highest BCUT2D eigenvalue weighted by Gasteiger charge is 2.28. The van der Waals surface area contributed by atoms with E-state index >= 15 is 0 Å². The number of carbonyl (C=O) groups is 1. The van der Waals surface area contributed by atoms with Gasteiger partial charge in [0.25, 0.3) is 0 Å². The topological polar surface area (TPSA) is 108 Å². The minimum absolute atomic E-state index is 0.0318. The van der Waals surface area contributed by atoms with Gasteiger partial charge in [-0.05, 0) is 56.6 Å². The van der Waals surface area contributed by atoms with E-state index in [2.05, 4.69) is 40.8 Å². The third-order valence-corrected chi connectivity index (χ3v) is 5.71. The number of aromatic nitrogens is 2. The summed E-state index contributed by atoms with van der Waals surface area (Å²) in [6, 6.07) is 12.2. The van der Waals surface area contributed by atoms with Gasteiger partial charge in [0.05, 0.1) is 18.1 Å². The molecule has 0 aliphatic carbocycles. The molecule has 0 radical (unpaired) electrons. The molecular formula is C23H33N3O4. The van der Waals surface area contributed by atoms with Gasteiger partial charge in [0.15, 0.2) is 0 Å². The second kappa shape index (κ2) is 11.6. The largest absolute Gasteiger partial charge is 0.374 e. The van der Waals surface area contributed by atoms with E-state index in [1.807, 2.05) is 31.2 Å². The second-order valence-electron chi connectivity index (χ2n) is 7.92. The lowest BCUT2D eigenvalue weighted by Gasteiger charge is -2.31. The molecule has 1 aromatic heterocycles. The molecule has 0 fully saturated rings. The number of anilines is 1. The van der Waals surface area contributed by atoms with Gasteiger partial charge in [-0.3, -0.25) is 0 Å². The van der Waals surface area contributed by atoms with Crippen molar-refractivity contribution in [2.45, 2.75) is 65.1 Å². The molecule has 164 valence electrons. The third kappa shape index (κ3) is 6.78. The molecule has 0 spiro atoms.